The highest BCUT2D eigenvalue weighted by Crippen LogP contribution is 2.30. The van der Waals surface area contributed by atoms with E-state index in [0.29, 0.717) is 48.8 Å². The molecule has 1 amide bonds. The van der Waals surface area contributed by atoms with Crippen LogP contribution in [0.1, 0.15) is 37.9 Å². The van der Waals surface area contributed by atoms with E-state index >= 15 is 0 Å². The number of amides is 1. The average molecular weight is 495 g/mol. The number of carboxylic acid groups (broad SMARTS) is 1. The van der Waals surface area contributed by atoms with E-state index in [9.17, 15) is 13.2 Å². The van der Waals surface area contributed by atoms with Gasteiger partial charge in [-0.1, -0.05) is 0 Å². The van der Waals surface area contributed by atoms with Gasteiger partial charge in [0.2, 0.25) is 11.8 Å². The Morgan fingerprint density at radius 3 is 2.47 bits per heavy atom. The maximum absolute atomic E-state index is 12.5. The number of carbonyl (C=O) groups is 1. The lowest BCUT2D eigenvalue weighted by Crippen LogP contribution is -2.41. The smallest absolute Gasteiger partial charge is 0.407 e. The predicted molar refractivity (Wildman–Crippen MR) is 122 cm³/mol. The zero-order chi connectivity index (χ0) is 24.9. The number of sulfone groups is 1. The number of aryl methyl sites for hydroxylation is 1. The third-order valence-corrected chi connectivity index (χ3v) is 6.89. The van der Waals surface area contributed by atoms with E-state index in [4.69, 9.17) is 19.3 Å². The third kappa shape index (κ3) is 6.54. The Morgan fingerprint density at radius 1 is 1.18 bits per heavy atom. The summed E-state index contributed by atoms with van der Waals surface area (Å²) < 4.78 is 42.3. The number of pyridine rings is 1. The number of aromatic nitrogens is 3. The van der Waals surface area contributed by atoms with Crippen molar-refractivity contribution in [2.24, 2.45) is 0 Å². The fraction of sp³-hybridized carbons (Fsp3) is 0.545. The van der Waals surface area contributed by atoms with E-state index in [1.165, 1.54) is 17.3 Å². The molecule has 3 heterocycles. The maximum atomic E-state index is 12.5. The molecule has 0 aromatic carbocycles. The molecular weight excluding hydrogens is 464 g/mol. The van der Waals surface area contributed by atoms with Crippen LogP contribution in [-0.4, -0.2) is 77.1 Å². The van der Waals surface area contributed by atoms with Crippen molar-refractivity contribution in [2.45, 2.75) is 57.8 Å². The summed E-state index contributed by atoms with van der Waals surface area (Å²) in [7, 11) is -3.59. The molecule has 1 aliphatic rings. The molecule has 0 unspecified atom stereocenters. The van der Waals surface area contributed by atoms with Gasteiger partial charge in [0.15, 0.2) is 20.6 Å². The SMILES string of the molecule is Cc1nc(S(=O)(=O)CCOC(C)C)ccc1Oc1ncnc(OC2CCN(C(=O)O)CC2)c1C. The minimum absolute atomic E-state index is 0.0409. The van der Waals surface area contributed by atoms with Gasteiger partial charge < -0.3 is 24.2 Å². The van der Waals surface area contributed by atoms with E-state index in [-0.39, 0.29) is 35.5 Å². The van der Waals surface area contributed by atoms with Gasteiger partial charge in [0.25, 0.3) is 0 Å². The third-order valence-electron chi connectivity index (χ3n) is 5.32. The minimum atomic E-state index is -3.59. The molecule has 186 valence electrons. The number of likely N-dealkylation sites (tertiary alicyclic amines) is 1. The molecule has 1 fully saturated rings. The summed E-state index contributed by atoms with van der Waals surface area (Å²) >= 11 is 0. The lowest BCUT2D eigenvalue weighted by Gasteiger charge is -2.30. The topological polar surface area (TPSA) is 141 Å². The second-order valence-corrected chi connectivity index (χ2v) is 10.3. The Hall–Kier alpha value is -2.99. The normalized spacial score (nSPS) is 14.9. The number of ether oxygens (including phenoxy) is 3. The lowest BCUT2D eigenvalue weighted by atomic mass is 10.1. The molecule has 2 aromatic rings. The van der Waals surface area contributed by atoms with Crippen molar-refractivity contribution in [1.29, 1.82) is 0 Å². The Balaban J connectivity index is 1.68. The van der Waals surface area contributed by atoms with Crippen LogP contribution in [-0.2, 0) is 14.6 Å². The standard InChI is InChI=1S/C22H30N4O7S/c1-14(2)31-11-12-34(29,30)19-6-5-18(16(4)25-19)33-21-15(3)20(23-13-24-21)32-17-7-9-26(10-8-17)22(27)28/h5-6,13-14,17H,7-12H2,1-4H3,(H,27,28). The molecule has 0 bridgehead atoms. The Kier molecular flexibility index (Phi) is 8.26. The zero-order valence-electron chi connectivity index (χ0n) is 19.7. The molecule has 11 nitrogen and oxygen atoms in total. The van der Waals surface area contributed by atoms with Crippen molar-refractivity contribution in [1.82, 2.24) is 19.9 Å². The van der Waals surface area contributed by atoms with Crippen molar-refractivity contribution in [3.8, 4) is 17.5 Å². The van der Waals surface area contributed by atoms with E-state index in [0.717, 1.165) is 0 Å². The number of nitrogens with zero attached hydrogens (tertiary/aromatic N) is 4. The Bertz CT molecular complexity index is 1120. The molecule has 0 aliphatic carbocycles. The summed E-state index contributed by atoms with van der Waals surface area (Å²) in [4.78, 5) is 25.0. The van der Waals surface area contributed by atoms with Crippen molar-refractivity contribution in [3.63, 3.8) is 0 Å². The van der Waals surface area contributed by atoms with Gasteiger partial charge in [-0.15, -0.1) is 0 Å². The second-order valence-electron chi connectivity index (χ2n) is 8.27. The van der Waals surface area contributed by atoms with Gasteiger partial charge in [0.05, 0.1) is 29.7 Å². The summed E-state index contributed by atoms with van der Waals surface area (Å²) in [5, 5.41) is 9.04. The molecule has 0 radical (unpaired) electrons. The molecule has 1 saturated heterocycles. The Morgan fingerprint density at radius 2 is 1.85 bits per heavy atom. The molecule has 1 N–H and O–H groups in total. The summed E-state index contributed by atoms with van der Waals surface area (Å²) in [6, 6.07) is 2.94. The summed E-state index contributed by atoms with van der Waals surface area (Å²) in [5.41, 5.74) is 0.970. The van der Waals surface area contributed by atoms with Gasteiger partial charge in [-0.25, -0.2) is 28.2 Å². The summed E-state index contributed by atoms with van der Waals surface area (Å²) in [6.07, 6.45) is 1.30. The maximum Gasteiger partial charge on any atom is 0.407 e. The van der Waals surface area contributed by atoms with Crippen LogP contribution >= 0.6 is 0 Å². The first-order chi connectivity index (χ1) is 16.1. The molecular formula is C22H30N4O7S. The molecule has 12 heteroatoms. The number of rotatable bonds is 9. The van der Waals surface area contributed by atoms with Crippen LogP contribution in [0.2, 0.25) is 0 Å². The van der Waals surface area contributed by atoms with Crippen molar-refractivity contribution < 1.29 is 32.5 Å². The van der Waals surface area contributed by atoms with Crippen molar-refractivity contribution in [3.05, 3.63) is 29.7 Å². The Labute approximate surface area is 199 Å². The van der Waals surface area contributed by atoms with Crippen LogP contribution in [0, 0.1) is 13.8 Å². The highest BCUT2D eigenvalue weighted by atomic mass is 32.2. The molecule has 0 atom stereocenters. The zero-order valence-corrected chi connectivity index (χ0v) is 20.5. The fourth-order valence-corrected chi connectivity index (χ4v) is 4.45. The summed E-state index contributed by atoms with van der Waals surface area (Å²) in [6.45, 7) is 7.99. The van der Waals surface area contributed by atoms with Crippen LogP contribution in [0.3, 0.4) is 0 Å². The molecule has 2 aromatic heterocycles. The monoisotopic (exact) mass is 494 g/mol. The van der Waals surface area contributed by atoms with Gasteiger partial charge >= 0.3 is 6.09 Å². The quantitative estimate of drug-likeness (QED) is 0.553. The number of hydrogen-bond acceptors (Lipinski definition) is 9. The fourth-order valence-electron chi connectivity index (χ4n) is 3.37. The first kappa shape index (κ1) is 25.6. The molecule has 34 heavy (non-hydrogen) atoms. The highest BCUT2D eigenvalue weighted by molar-refractivity contribution is 7.91. The van der Waals surface area contributed by atoms with Gasteiger partial charge in [-0.05, 0) is 39.8 Å². The van der Waals surface area contributed by atoms with Crippen LogP contribution < -0.4 is 9.47 Å². The van der Waals surface area contributed by atoms with Crippen molar-refractivity contribution >= 4 is 15.9 Å². The van der Waals surface area contributed by atoms with Crippen molar-refractivity contribution in [2.75, 3.05) is 25.4 Å². The molecule has 0 spiro atoms. The predicted octanol–water partition coefficient (Wildman–Crippen LogP) is 3.00. The first-order valence-electron chi connectivity index (χ1n) is 11.0. The van der Waals surface area contributed by atoms with E-state index in [1.54, 1.807) is 19.9 Å². The van der Waals surface area contributed by atoms with E-state index < -0.39 is 15.9 Å². The van der Waals surface area contributed by atoms with Crippen LogP contribution in [0.15, 0.2) is 23.5 Å². The molecule has 3 rings (SSSR count). The van der Waals surface area contributed by atoms with Crippen LogP contribution in [0.4, 0.5) is 4.79 Å². The first-order valence-corrected chi connectivity index (χ1v) is 12.7. The molecule has 0 saturated carbocycles. The highest BCUT2D eigenvalue weighted by Gasteiger charge is 2.25. The average Bonchev–Trinajstić information content (AvgIpc) is 2.77. The van der Waals surface area contributed by atoms with Gasteiger partial charge in [-0.2, -0.15) is 0 Å². The van der Waals surface area contributed by atoms with Gasteiger partial charge in [-0.3, -0.25) is 0 Å². The van der Waals surface area contributed by atoms with E-state index in [2.05, 4.69) is 15.0 Å². The largest absolute Gasteiger partial charge is 0.474 e. The second kappa shape index (κ2) is 11.0. The lowest BCUT2D eigenvalue weighted by molar-refractivity contribution is 0.0863. The van der Waals surface area contributed by atoms with Gasteiger partial charge in [0.1, 0.15) is 12.4 Å². The van der Waals surface area contributed by atoms with Gasteiger partial charge in [0, 0.05) is 25.9 Å². The summed E-state index contributed by atoms with van der Waals surface area (Å²) in [5.74, 6) is 0.821. The molecule has 1 aliphatic heterocycles. The van der Waals surface area contributed by atoms with Crippen LogP contribution in [0.5, 0.6) is 17.5 Å². The van der Waals surface area contributed by atoms with Crippen LogP contribution in [0.25, 0.3) is 0 Å². The van der Waals surface area contributed by atoms with E-state index in [1.807, 2.05) is 13.8 Å². The number of hydrogen-bond donors (Lipinski definition) is 1. The minimum Gasteiger partial charge on any atom is -0.474 e. The number of piperidine rings is 1.